The summed E-state index contributed by atoms with van der Waals surface area (Å²) in [4.78, 5) is 14.0. The molecule has 27 heavy (non-hydrogen) atoms. The first kappa shape index (κ1) is 18.1. The molecule has 2 heterocycles. The van der Waals surface area contributed by atoms with Gasteiger partial charge in [-0.25, -0.2) is 4.79 Å². The predicted molar refractivity (Wildman–Crippen MR) is 110 cm³/mol. The lowest BCUT2D eigenvalue weighted by molar-refractivity contribution is 0.0697. The van der Waals surface area contributed by atoms with Gasteiger partial charge in [-0.2, -0.15) is 11.8 Å². The summed E-state index contributed by atoms with van der Waals surface area (Å²) >= 11 is 2.02. The van der Waals surface area contributed by atoms with E-state index >= 15 is 0 Å². The van der Waals surface area contributed by atoms with Crippen molar-refractivity contribution in [1.82, 2.24) is 4.90 Å². The number of aromatic carboxylic acids is 1. The highest BCUT2D eigenvalue weighted by atomic mass is 32.2. The lowest BCUT2D eigenvalue weighted by Crippen LogP contribution is -2.33. The van der Waals surface area contributed by atoms with Gasteiger partial charge < -0.3 is 14.7 Å². The molecule has 0 spiro atoms. The molecule has 0 atom stereocenters. The molecule has 2 aromatic carbocycles. The van der Waals surface area contributed by atoms with E-state index in [1.165, 1.54) is 11.5 Å². The zero-order chi connectivity index (χ0) is 18.6. The van der Waals surface area contributed by atoms with Crippen LogP contribution in [0.15, 0.2) is 48.5 Å². The van der Waals surface area contributed by atoms with Crippen LogP contribution in [-0.2, 0) is 6.61 Å². The maximum atomic E-state index is 11.5. The Morgan fingerprint density at radius 2 is 1.96 bits per heavy atom. The van der Waals surface area contributed by atoms with E-state index in [1.807, 2.05) is 23.9 Å². The molecule has 4 rings (SSSR count). The highest BCUT2D eigenvalue weighted by molar-refractivity contribution is 7.99. The first-order valence-corrected chi connectivity index (χ1v) is 10.5. The van der Waals surface area contributed by atoms with Crippen molar-refractivity contribution in [3.05, 3.63) is 70.8 Å². The largest absolute Gasteiger partial charge is 0.488 e. The van der Waals surface area contributed by atoms with E-state index in [1.54, 1.807) is 18.2 Å². The summed E-state index contributed by atoms with van der Waals surface area (Å²) in [6.45, 7) is 3.82. The van der Waals surface area contributed by atoms with E-state index in [4.69, 9.17) is 4.74 Å². The smallest absolute Gasteiger partial charge is 0.335 e. The van der Waals surface area contributed by atoms with E-state index in [0.717, 1.165) is 54.1 Å². The average molecular weight is 381 g/mol. The molecule has 0 amide bonds. The van der Waals surface area contributed by atoms with Crippen LogP contribution < -0.4 is 4.74 Å². The molecule has 4 nitrogen and oxygen atoms in total. The number of hydrogen-bond donors (Lipinski definition) is 1. The van der Waals surface area contributed by atoms with Crippen molar-refractivity contribution >= 4 is 23.3 Å². The zero-order valence-electron chi connectivity index (χ0n) is 15.2. The number of carboxylic acids is 1. The van der Waals surface area contributed by atoms with Gasteiger partial charge in [-0.15, -0.1) is 0 Å². The van der Waals surface area contributed by atoms with Gasteiger partial charge in [-0.3, -0.25) is 0 Å². The van der Waals surface area contributed by atoms with Crippen molar-refractivity contribution in [2.45, 2.75) is 13.0 Å². The standard InChI is InChI=1S/C22H23NO3S/c24-22(25)16-7-8-21-20(14-16)19(6-3-9-23-10-12-27-13-11-23)18-5-2-1-4-17(18)15-26-21/h1-2,4-8,14H,3,9-13,15H2,(H,24,25)/b19-6+. The fraction of sp³-hybridized carbons (Fsp3) is 0.318. The van der Waals surface area contributed by atoms with Gasteiger partial charge in [-0.1, -0.05) is 30.3 Å². The Kier molecular flexibility index (Phi) is 5.50. The maximum absolute atomic E-state index is 11.5. The molecular weight excluding hydrogens is 358 g/mol. The summed E-state index contributed by atoms with van der Waals surface area (Å²) in [6.07, 6.45) is 3.19. The molecule has 1 N–H and O–H groups in total. The molecule has 5 heteroatoms. The fourth-order valence-corrected chi connectivity index (χ4v) is 4.62. The van der Waals surface area contributed by atoms with Crippen LogP contribution in [0.5, 0.6) is 5.75 Å². The summed E-state index contributed by atoms with van der Waals surface area (Å²) in [5.74, 6) is 2.24. The van der Waals surface area contributed by atoms with Crippen molar-refractivity contribution in [1.29, 1.82) is 0 Å². The van der Waals surface area contributed by atoms with Gasteiger partial charge in [0.25, 0.3) is 0 Å². The third-order valence-corrected chi connectivity index (χ3v) is 6.05. The van der Waals surface area contributed by atoms with Gasteiger partial charge in [0, 0.05) is 36.7 Å². The van der Waals surface area contributed by atoms with Crippen molar-refractivity contribution in [3.63, 3.8) is 0 Å². The maximum Gasteiger partial charge on any atom is 0.335 e. The topological polar surface area (TPSA) is 49.8 Å². The third kappa shape index (κ3) is 4.04. The quantitative estimate of drug-likeness (QED) is 0.862. The minimum absolute atomic E-state index is 0.288. The van der Waals surface area contributed by atoms with Crippen LogP contribution in [0.1, 0.15) is 33.5 Å². The first-order chi connectivity index (χ1) is 13.2. The number of nitrogens with zero attached hydrogens (tertiary/aromatic N) is 1. The molecule has 2 aliphatic rings. The Hall–Kier alpha value is -2.24. The summed E-state index contributed by atoms with van der Waals surface area (Å²) in [5, 5.41) is 9.42. The van der Waals surface area contributed by atoms with Crippen LogP contribution in [0.4, 0.5) is 0 Å². The van der Waals surface area contributed by atoms with Crippen LogP contribution in [0.25, 0.3) is 5.57 Å². The fourth-order valence-electron chi connectivity index (χ4n) is 3.65. The van der Waals surface area contributed by atoms with E-state index in [2.05, 4.69) is 23.1 Å². The minimum Gasteiger partial charge on any atom is -0.488 e. The van der Waals surface area contributed by atoms with Gasteiger partial charge in [0.05, 0.1) is 5.56 Å². The second-order valence-corrected chi connectivity index (χ2v) is 8.05. The minimum atomic E-state index is -0.916. The van der Waals surface area contributed by atoms with Crippen LogP contribution in [-0.4, -0.2) is 47.1 Å². The Bertz CT molecular complexity index is 872. The molecule has 0 saturated carbocycles. The van der Waals surface area contributed by atoms with E-state index < -0.39 is 5.97 Å². The van der Waals surface area contributed by atoms with Crippen LogP contribution in [0, 0.1) is 0 Å². The summed E-state index contributed by atoms with van der Waals surface area (Å²) < 4.78 is 5.99. The van der Waals surface area contributed by atoms with Crippen LogP contribution in [0.3, 0.4) is 0 Å². The molecule has 0 unspecified atom stereocenters. The number of ether oxygens (including phenoxy) is 1. The zero-order valence-corrected chi connectivity index (χ0v) is 16.0. The number of hydrogen-bond acceptors (Lipinski definition) is 4. The van der Waals surface area contributed by atoms with Crippen molar-refractivity contribution in [2.75, 3.05) is 31.1 Å². The second kappa shape index (κ2) is 8.19. The van der Waals surface area contributed by atoms with Gasteiger partial charge in [0.15, 0.2) is 0 Å². The number of benzene rings is 2. The predicted octanol–water partition coefficient (Wildman–Crippen LogP) is 4.15. The number of thioether (sulfide) groups is 1. The lowest BCUT2D eigenvalue weighted by Gasteiger charge is -2.25. The Morgan fingerprint density at radius 1 is 1.15 bits per heavy atom. The third-order valence-electron chi connectivity index (χ3n) is 5.10. The molecular formula is C22H23NO3S. The SMILES string of the molecule is O=C(O)c1ccc2c(c1)/C(=C/CCN1CCSCC1)c1ccccc1CO2. The van der Waals surface area contributed by atoms with Gasteiger partial charge in [0.1, 0.15) is 12.4 Å². The monoisotopic (exact) mass is 381 g/mol. The molecule has 0 aromatic heterocycles. The molecule has 0 bridgehead atoms. The number of carboxylic acid groups (broad SMARTS) is 1. The Labute approximate surface area is 163 Å². The summed E-state index contributed by atoms with van der Waals surface area (Å²) in [5.41, 5.74) is 4.50. The first-order valence-electron chi connectivity index (χ1n) is 9.31. The second-order valence-electron chi connectivity index (χ2n) is 6.82. The number of fused-ring (bicyclic) bond motifs is 2. The highest BCUT2D eigenvalue weighted by Crippen LogP contribution is 2.37. The summed E-state index contributed by atoms with van der Waals surface area (Å²) in [7, 11) is 0. The molecule has 1 saturated heterocycles. The Morgan fingerprint density at radius 3 is 2.78 bits per heavy atom. The normalized spacial score (nSPS) is 18.3. The average Bonchev–Trinajstić information content (AvgIpc) is 2.86. The number of carbonyl (C=O) groups is 1. The summed E-state index contributed by atoms with van der Waals surface area (Å²) in [6, 6.07) is 13.4. The van der Waals surface area contributed by atoms with Gasteiger partial charge in [-0.05, 0) is 41.3 Å². The van der Waals surface area contributed by atoms with Crippen molar-refractivity contribution < 1.29 is 14.6 Å². The number of rotatable bonds is 4. The van der Waals surface area contributed by atoms with Crippen LogP contribution in [0.2, 0.25) is 0 Å². The van der Waals surface area contributed by atoms with Crippen LogP contribution >= 0.6 is 11.8 Å². The molecule has 1 fully saturated rings. The van der Waals surface area contributed by atoms with Gasteiger partial charge in [0.2, 0.25) is 0 Å². The molecule has 0 radical (unpaired) electrons. The van der Waals surface area contributed by atoms with E-state index in [0.29, 0.717) is 6.61 Å². The molecule has 2 aromatic rings. The van der Waals surface area contributed by atoms with Crippen molar-refractivity contribution in [2.24, 2.45) is 0 Å². The van der Waals surface area contributed by atoms with E-state index in [-0.39, 0.29) is 5.56 Å². The molecule has 0 aliphatic carbocycles. The van der Waals surface area contributed by atoms with Crippen molar-refractivity contribution in [3.8, 4) is 5.75 Å². The lowest BCUT2D eigenvalue weighted by atomic mass is 9.92. The molecule has 140 valence electrons. The Balaban J connectivity index is 1.70. The van der Waals surface area contributed by atoms with E-state index in [9.17, 15) is 9.90 Å². The highest BCUT2D eigenvalue weighted by Gasteiger charge is 2.20. The van der Waals surface area contributed by atoms with Gasteiger partial charge >= 0.3 is 5.97 Å². The molecule has 2 aliphatic heterocycles.